The fraction of sp³-hybridized carbons (Fsp3) is 0.263. The molecule has 1 unspecified atom stereocenters. The van der Waals surface area contributed by atoms with Crippen molar-refractivity contribution in [2.75, 3.05) is 25.3 Å². The van der Waals surface area contributed by atoms with E-state index in [2.05, 4.69) is 20.4 Å². The number of nitrogens with one attached hydrogen (secondary N) is 1. The fourth-order valence-electron chi connectivity index (χ4n) is 3.22. The smallest absolute Gasteiger partial charge is 0.252 e. The molecule has 28 heavy (non-hydrogen) atoms. The average Bonchev–Trinajstić information content (AvgIpc) is 2.93. The lowest BCUT2D eigenvalue weighted by Gasteiger charge is -2.19. The van der Waals surface area contributed by atoms with E-state index in [0.29, 0.717) is 17.5 Å². The molecule has 144 valence electrons. The molecule has 3 aromatic rings. The molecule has 1 aliphatic heterocycles. The Morgan fingerprint density at radius 2 is 2.00 bits per heavy atom. The Hall–Kier alpha value is -3.07. The van der Waals surface area contributed by atoms with Gasteiger partial charge in [0.2, 0.25) is 5.91 Å². The van der Waals surface area contributed by atoms with Crippen LogP contribution in [0.1, 0.15) is 22.1 Å². The van der Waals surface area contributed by atoms with Gasteiger partial charge in [0.05, 0.1) is 30.9 Å². The molecular formula is C19H19N5O3S. The van der Waals surface area contributed by atoms with Gasteiger partial charge in [-0.2, -0.15) is 9.78 Å². The van der Waals surface area contributed by atoms with E-state index in [1.807, 2.05) is 25.1 Å². The van der Waals surface area contributed by atoms with Crippen molar-refractivity contribution in [2.24, 2.45) is 0 Å². The summed E-state index contributed by atoms with van der Waals surface area (Å²) in [6.07, 6.45) is 3.28. The van der Waals surface area contributed by atoms with Crippen LogP contribution in [0.25, 0.3) is 5.95 Å². The van der Waals surface area contributed by atoms with Gasteiger partial charge in [-0.25, -0.2) is 9.97 Å². The number of carbonyl (C=O) groups excluding carboxylic acids is 1. The summed E-state index contributed by atoms with van der Waals surface area (Å²) < 4.78 is 12.6. The zero-order chi connectivity index (χ0) is 19.7. The molecule has 1 aromatic carbocycles. The molecule has 2 aromatic heterocycles. The SMILES string of the molecule is COc1ccc(OC)c(C2SCC(=O)Nc3c2c(C)nn3-c2ncccn2)c1. The molecule has 0 bridgehead atoms. The Morgan fingerprint density at radius 3 is 2.71 bits per heavy atom. The first-order valence-corrected chi connectivity index (χ1v) is 9.67. The molecule has 3 heterocycles. The van der Waals surface area contributed by atoms with Gasteiger partial charge in [-0.15, -0.1) is 11.8 Å². The van der Waals surface area contributed by atoms with Crippen molar-refractivity contribution in [2.45, 2.75) is 12.2 Å². The lowest BCUT2D eigenvalue weighted by atomic mass is 10.0. The number of anilines is 1. The number of fused-ring (bicyclic) bond motifs is 1. The maximum atomic E-state index is 12.4. The highest BCUT2D eigenvalue weighted by atomic mass is 32.2. The van der Waals surface area contributed by atoms with Crippen LogP contribution in [0.15, 0.2) is 36.7 Å². The molecule has 1 amide bonds. The van der Waals surface area contributed by atoms with Crippen LogP contribution in [-0.4, -0.2) is 45.6 Å². The first-order valence-electron chi connectivity index (χ1n) is 8.62. The Labute approximate surface area is 166 Å². The molecule has 0 radical (unpaired) electrons. The Bertz CT molecular complexity index is 1020. The van der Waals surface area contributed by atoms with Gasteiger partial charge in [0.25, 0.3) is 5.95 Å². The number of aryl methyl sites for hydroxylation is 1. The molecule has 0 aliphatic carbocycles. The van der Waals surface area contributed by atoms with Crippen LogP contribution >= 0.6 is 11.8 Å². The first-order chi connectivity index (χ1) is 13.6. The topological polar surface area (TPSA) is 91.2 Å². The molecule has 0 spiro atoms. The highest BCUT2D eigenvalue weighted by molar-refractivity contribution is 8.00. The van der Waals surface area contributed by atoms with Crippen LogP contribution in [-0.2, 0) is 4.79 Å². The van der Waals surface area contributed by atoms with E-state index in [-0.39, 0.29) is 11.2 Å². The summed E-state index contributed by atoms with van der Waals surface area (Å²) >= 11 is 1.52. The van der Waals surface area contributed by atoms with Gasteiger partial charge in [-0.05, 0) is 31.2 Å². The lowest BCUT2D eigenvalue weighted by molar-refractivity contribution is -0.113. The van der Waals surface area contributed by atoms with E-state index in [1.165, 1.54) is 11.8 Å². The summed E-state index contributed by atoms with van der Waals surface area (Å²) in [6.45, 7) is 1.91. The summed E-state index contributed by atoms with van der Waals surface area (Å²) in [5.41, 5.74) is 2.60. The van der Waals surface area contributed by atoms with Crippen molar-refractivity contribution in [3.05, 3.63) is 53.5 Å². The van der Waals surface area contributed by atoms with E-state index < -0.39 is 0 Å². The van der Waals surface area contributed by atoms with E-state index in [1.54, 1.807) is 37.4 Å². The second kappa shape index (κ2) is 7.51. The number of carbonyl (C=O) groups is 1. The molecule has 4 rings (SSSR count). The number of thioether (sulfide) groups is 1. The normalized spacial score (nSPS) is 16.1. The van der Waals surface area contributed by atoms with Crippen molar-refractivity contribution in [1.29, 1.82) is 0 Å². The summed E-state index contributed by atoms with van der Waals surface area (Å²) in [7, 11) is 3.25. The molecule has 0 saturated carbocycles. The molecule has 8 nitrogen and oxygen atoms in total. The minimum Gasteiger partial charge on any atom is -0.497 e. The quantitative estimate of drug-likeness (QED) is 0.724. The van der Waals surface area contributed by atoms with Crippen LogP contribution in [0, 0.1) is 6.92 Å². The zero-order valence-corrected chi connectivity index (χ0v) is 16.5. The lowest BCUT2D eigenvalue weighted by Crippen LogP contribution is -2.16. The van der Waals surface area contributed by atoms with Crippen LogP contribution < -0.4 is 14.8 Å². The Balaban J connectivity index is 1.92. The minimum absolute atomic E-state index is 0.104. The number of aromatic nitrogens is 4. The predicted octanol–water partition coefficient (Wildman–Crippen LogP) is 2.76. The monoisotopic (exact) mass is 397 g/mol. The third kappa shape index (κ3) is 3.18. The van der Waals surface area contributed by atoms with Gasteiger partial charge < -0.3 is 14.8 Å². The number of hydrogen-bond acceptors (Lipinski definition) is 7. The maximum Gasteiger partial charge on any atom is 0.252 e. The maximum absolute atomic E-state index is 12.4. The fourth-order valence-corrected chi connectivity index (χ4v) is 4.42. The van der Waals surface area contributed by atoms with Crippen molar-refractivity contribution >= 4 is 23.5 Å². The van der Waals surface area contributed by atoms with Gasteiger partial charge in [0.15, 0.2) is 0 Å². The summed E-state index contributed by atoms with van der Waals surface area (Å²) in [5, 5.41) is 7.40. The summed E-state index contributed by atoms with van der Waals surface area (Å²) in [6, 6.07) is 7.39. The third-order valence-corrected chi connectivity index (χ3v) is 5.72. The number of rotatable bonds is 4. The summed E-state index contributed by atoms with van der Waals surface area (Å²) in [5.74, 6) is 2.62. The second-order valence-corrected chi connectivity index (χ2v) is 7.25. The van der Waals surface area contributed by atoms with Crippen LogP contribution in [0.3, 0.4) is 0 Å². The molecule has 0 fully saturated rings. The number of methoxy groups -OCH3 is 2. The van der Waals surface area contributed by atoms with Crippen molar-refractivity contribution < 1.29 is 14.3 Å². The largest absolute Gasteiger partial charge is 0.497 e. The van der Waals surface area contributed by atoms with Crippen molar-refractivity contribution in [1.82, 2.24) is 19.7 Å². The predicted molar refractivity (Wildman–Crippen MR) is 106 cm³/mol. The van der Waals surface area contributed by atoms with E-state index >= 15 is 0 Å². The first kappa shape index (κ1) is 18.3. The van der Waals surface area contributed by atoms with Crippen LogP contribution in [0.5, 0.6) is 11.5 Å². The molecule has 1 aliphatic rings. The molecule has 1 atom stereocenters. The standard InChI is InChI=1S/C19H19N5O3S/c1-11-16-17(13-9-12(26-2)5-6-14(13)27-3)28-10-15(25)22-18(16)24(23-11)19-20-7-4-8-21-19/h4-9,17H,10H2,1-3H3,(H,22,25). The Morgan fingerprint density at radius 1 is 1.21 bits per heavy atom. The third-order valence-electron chi connectivity index (χ3n) is 4.47. The number of benzene rings is 1. The summed E-state index contributed by atoms with van der Waals surface area (Å²) in [4.78, 5) is 21.0. The highest BCUT2D eigenvalue weighted by Crippen LogP contribution is 2.47. The van der Waals surface area contributed by atoms with Gasteiger partial charge in [0, 0.05) is 23.5 Å². The van der Waals surface area contributed by atoms with Crippen LogP contribution in [0.2, 0.25) is 0 Å². The number of ether oxygens (including phenoxy) is 2. The molecular weight excluding hydrogens is 378 g/mol. The second-order valence-electron chi connectivity index (χ2n) is 6.16. The number of hydrogen-bond donors (Lipinski definition) is 1. The molecule has 1 N–H and O–H groups in total. The van der Waals surface area contributed by atoms with E-state index in [0.717, 1.165) is 28.3 Å². The number of nitrogens with zero attached hydrogens (tertiary/aromatic N) is 4. The Kier molecular flexibility index (Phi) is 4.91. The van der Waals surface area contributed by atoms with Gasteiger partial charge in [-0.1, -0.05) is 0 Å². The van der Waals surface area contributed by atoms with Gasteiger partial charge in [-0.3, -0.25) is 4.79 Å². The average molecular weight is 397 g/mol. The minimum atomic E-state index is -0.170. The van der Waals surface area contributed by atoms with E-state index in [4.69, 9.17) is 9.47 Å². The molecule has 9 heteroatoms. The van der Waals surface area contributed by atoms with Crippen LogP contribution in [0.4, 0.5) is 5.82 Å². The highest BCUT2D eigenvalue weighted by Gasteiger charge is 2.32. The van der Waals surface area contributed by atoms with E-state index in [9.17, 15) is 4.79 Å². The number of amides is 1. The van der Waals surface area contributed by atoms with Gasteiger partial charge in [0.1, 0.15) is 17.3 Å². The van der Waals surface area contributed by atoms with Crippen molar-refractivity contribution in [3.8, 4) is 17.4 Å². The molecule has 0 saturated heterocycles. The van der Waals surface area contributed by atoms with Crippen molar-refractivity contribution in [3.63, 3.8) is 0 Å². The van der Waals surface area contributed by atoms with Gasteiger partial charge >= 0.3 is 0 Å². The zero-order valence-electron chi connectivity index (χ0n) is 15.7.